The van der Waals surface area contributed by atoms with E-state index in [1.54, 1.807) is 0 Å². The molecule has 2 aromatic rings. The van der Waals surface area contributed by atoms with Crippen molar-refractivity contribution in [2.75, 3.05) is 19.8 Å². The van der Waals surface area contributed by atoms with Crippen molar-refractivity contribution in [2.24, 2.45) is 0 Å². The van der Waals surface area contributed by atoms with E-state index in [2.05, 4.69) is 5.32 Å². The highest BCUT2D eigenvalue weighted by atomic mass is 32.1. The van der Waals surface area contributed by atoms with Crippen LogP contribution in [0, 0.1) is 10.1 Å². The molecule has 25 heavy (non-hydrogen) atoms. The molecule has 0 aliphatic carbocycles. The van der Waals surface area contributed by atoms with E-state index in [9.17, 15) is 14.9 Å². The summed E-state index contributed by atoms with van der Waals surface area (Å²) in [7, 11) is 0. The number of nitrogens with zero attached hydrogens (tertiary/aromatic N) is 1. The van der Waals surface area contributed by atoms with E-state index >= 15 is 0 Å². The molecule has 3 rings (SSSR count). The molecule has 7 nitrogen and oxygen atoms in total. The first-order chi connectivity index (χ1) is 12.1. The van der Waals surface area contributed by atoms with Gasteiger partial charge in [0.25, 0.3) is 11.6 Å². The number of rotatable bonds is 7. The zero-order chi connectivity index (χ0) is 17.6. The number of hydrogen-bond donors (Lipinski definition) is 1. The molecule has 0 saturated carbocycles. The number of benzene rings is 1. The van der Waals surface area contributed by atoms with E-state index in [-0.39, 0.29) is 24.3 Å². The van der Waals surface area contributed by atoms with Crippen LogP contribution in [0.4, 0.5) is 5.69 Å². The Morgan fingerprint density at radius 2 is 2.32 bits per heavy atom. The molecular weight excluding hydrogens is 344 g/mol. The second-order valence-corrected chi connectivity index (χ2v) is 6.59. The van der Waals surface area contributed by atoms with Crippen LogP contribution in [-0.2, 0) is 9.53 Å². The molecule has 132 valence electrons. The van der Waals surface area contributed by atoms with Crippen LogP contribution >= 0.6 is 11.3 Å². The highest BCUT2D eigenvalue weighted by Gasteiger charge is 2.18. The van der Waals surface area contributed by atoms with Gasteiger partial charge in [0.15, 0.2) is 6.61 Å². The molecule has 1 aromatic heterocycles. The molecule has 1 saturated heterocycles. The summed E-state index contributed by atoms with van der Waals surface area (Å²) in [5.74, 6) is 0.200. The smallest absolute Gasteiger partial charge is 0.270 e. The summed E-state index contributed by atoms with van der Waals surface area (Å²) in [6.07, 6.45) is 2.04. The molecule has 1 aliphatic rings. The number of carbonyl (C=O) groups is 1. The van der Waals surface area contributed by atoms with Gasteiger partial charge in [-0.3, -0.25) is 14.9 Å². The summed E-state index contributed by atoms with van der Waals surface area (Å²) in [5, 5.41) is 15.7. The van der Waals surface area contributed by atoms with Gasteiger partial charge in [0, 0.05) is 35.7 Å². The third-order valence-electron chi connectivity index (χ3n) is 3.87. The number of nitro benzene ring substituents is 1. The fourth-order valence-corrected chi connectivity index (χ4v) is 3.36. The minimum absolute atomic E-state index is 0.0152. The Morgan fingerprint density at radius 3 is 3.00 bits per heavy atom. The van der Waals surface area contributed by atoms with E-state index in [1.807, 2.05) is 17.5 Å². The Bertz CT molecular complexity index is 742. The topological polar surface area (TPSA) is 90.7 Å². The summed E-state index contributed by atoms with van der Waals surface area (Å²) in [6, 6.07) is 8.08. The van der Waals surface area contributed by atoms with Crippen LogP contribution in [0.15, 0.2) is 35.7 Å². The number of nitro groups is 1. The lowest BCUT2D eigenvalue weighted by molar-refractivity contribution is -0.384. The molecule has 2 heterocycles. The van der Waals surface area contributed by atoms with Gasteiger partial charge in [-0.05, 0) is 30.4 Å². The molecule has 0 spiro atoms. The molecule has 1 aliphatic heterocycles. The first-order valence-electron chi connectivity index (χ1n) is 7.97. The molecule has 0 bridgehead atoms. The third-order valence-corrected chi connectivity index (χ3v) is 4.77. The molecule has 1 fully saturated rings. The van der Waals surface area contributed by atoms with Crippen LogP contribution in [0.1, 0.15) is 12.8 Å². The number of nitrogens with one attached hydrogen (secondary N) is 1. The first kappa shape index (κ1) is 17.4. The first-order valence-corrected chi connectivity index (χ1v) is 8.85. The van der Waals surface area contributed by atoms with Gasteiger partial charge in [0.05, 0.1) is 11.0 Å². The summed E-state index contributed by atoms with van der Waals surface area (Å²) >= 11 is 1.45. The van der Waals surface area contributed by atoms with Gasteiger partial charge in [-0.1, -0.05) is 6.07 Å². The zero-order valence-corrected chi connectivity index (χ0v) is 14.3. The van der Waals surface area contributed by atoms with E-state index in [1.165, 1.54) is 29.5 Å². The highest BCUT2D eigenvalue weighted by Crippen LogP contribution is 2.36. The summed E-state index contributed by atoms with van der Waals surface area (Å²) in [4.78, 5) is 23.3. The Labute approximate surface area is 148 Å². The van der Waals surface area contributed by atoms with Crippen LogP contribution in [0.25, 0.3) is 10.4 Å². The Kier molecular flexibility index (Phi) is 5.62. The van der Waals surface area contributed by atoms with Gasteiger partial charge in [0.2, 0.25) is 0 Å². The van der Waals surface area contributed by atoms with Crippen molar-refractivity contribution in [3.8, 4) is 16.2 Å². The minimum Gasteiger partial charge on any atom is -0.483 e. The fraction of sp³-hybridized carbons (Fsp3) is 0.353. The summed E-state index contributed by atoms with van der Waals surface area (Å²) in [6.45, 7) is 1.06. The Morgan fingerprint density at radius 1 is 1.44 bits per heavy atom. The molecular formula is C17H18N2O5S. The molecule has 1 amide bonds. The van der Waals surface area contributed by atoms with Crippen LogP contribution in [-0.4, -0.2) is 36.7 Å². The number of amides is 1. The number of carbonyl (C=O) groups excluding carboxylic acids is 1. The van der Waals surface area contributed by atoms with Crippen LogP contribution in [0.3, 0.4) is 0 Å². The lowest BCUT2D eigenvalue weighted by Gasteiger charge is -2.13. The van der Waals surface area contributed by atoms with Gasteiger partial charge >= 0.3 is 0 Å². The maximum atomic E-state index is 11.9. The molecule has 1 N–H and O–H groups in total. The number of hydrogen-bond acceptors (Lipinski definition) is 6. The van der Waals surface area contributed by atoms with E-state index in [0.29, 0.717) is 17.9 Å². The minimum atomic E-state index is -0.449. The highest BCUT2D eigenvalue weighted by molar-refractivity contribution is 7.13. The Balaban J connectivity index is 1.64. The quantitative estimate of drug-likeness (QED) is 0.604. The standard InChI is InChI=1S/C17H18N2O5S/c20-17(18-10-13-3-1-7-23-13)11-24-15-6-5-12(19(21)22)9-14(15)16-4-2-8-25-16/h2,4-6,8-9,13H,1,3,7,10-11H2,(H,18,20)/t13-/m0/s1. The average molecular weight is 362 g/mol. The van der Waals surface area contributed by atoms with E-state index < -0.39 is 4.92 Å². The van der Waals surface area contributed by atoms with Crippen molar-refractivity contribution in [1.29, 1.82) is 0 Å². The van der Waals surface area contributed by atoms with Crippen LogP contribution in [0.2, 0.25) is 0 Å². The maximum Gasteiger partial charge on any atom is 0.270 e. The fourth-order valence-electron chi connectivity index (χ4n) is 2.61. The van der Waals surface area contributed by atoms with Crippen molar-refractivity contribution >= 4 is 22.9 Å². The van der Waals surface area contributed by atoms with Crippen molar-refractivity contribution in [3.05, 3.63) is 45.8 Å². The summed E-state index contributed by atoms with van der Waals surface area (Å²) in [5.41, 5.74) is 0.592. The molecule has 0 unspecified atom stereocenters. The van der Waals surface area contributed by atoms with Gasteiger partial charge in [0.1, 0.15) is 5.75 Å². The van der Waals surface area contributed by atoms with Crippen molar-refractivity contribution in [3.63, 3.8) is 0 Å². The molecule has 1 aromatic carbocycles. The van der Waals surface area contributed by atoms with Crippen molar-refractivity contribution in [1.82, 2.24) is 5.32 Å². The molecule has 8 heteroatoms. The summed E-state index contributed by atoms with van der Waals surface area (Å²) < 4.78 is 11.1. The van der Waals surface area contributed by atoms with Crippen molar-refractivity contribution in [2.45, 2.75) is 18.9 Å². The van der Waals surface area contributed by atoms with Gasteiger partial charge < -0.3 is 14.8 Å². The zero-order valence-electron chi connectivity index (χ0n) is 13.5. The van der Waals surface area contributed by atoms with Crippen molar-refractivity contribution < 1.29 is 19.2 Å². The van der Waals surface area contributed by atoms with Crippen LogP contribution < -0.4 is 10.1 Å². The van der Waals surface area contributed by atoms with Gasteiger partial charge in [-0.2, -0.15) is 0 Å². The molecule has 0 radical (unpaired) electrons. The largest absolute Gasteiger partial charge is 0.483 e. The van der Waals surface area contributed by atoms with E-state index in [0.717, 1.165) is 24.3 Å². The SMILES string of the molecule is O=C(COc1ccc([N+](=O)[O-])cc1-c1cccs1)NC[C@@H]1CCCO1. The number of non-ortho nitro benzene ring substituents is 1. The second-order valence-electron chi connectivity index (χ2n) is 5.64. The lowest BCUT2D eigenvalue weighted by atomic mass is 10.1. The predicted octanol–water partition coefficient (Wildman–Crippen LogP) is 3.00. The maximum absolute atomic E-state index is 11.9. The lowest BCUT2D eigenvalue weighted by Crippen LogP contribution is -2.35. The second kappa shape index (κ2) is 8.09. The normalized spacial score (nSPS) is 16.6. The van der Waals surface area contributed by atoms with E-state index in [4.69, 9.17) is 9.47 Å². The van der Waals surface area contributed by atoms with Crippen LogP contribution in [0.5, 0.6) is 5.75 Å². The molecule has 1 atom stereocenters. The van der Waals surface area contributed by atoms with Gasteiger partial charge in [-0.15, -0.1) is 11.3 Å². The Hall–Kier alpha value is -2.45. The van der Waals surface area contributed by atoms with Gasteiger partial charge in [-0.25, -0.2) is 0 Å². The third kappa shape index (κ3) is 4.55. The number of ether oxygens (including phenoxy) is 2. The average Bonchev–Trinajstić information content (AvgIpc) is 3.31. The predicted molar refractivity (Wildman–Crippen MR) is 93.9 cm³/mol. The monoisotopic (exact) mass is 362 g/mol. The number of thiophene rings is 1.